The van der Waals surface area contributed by atoms with Crippen LogP contribution in [0.5, 0.6) is 0 Å². The number of hydrogen-bond donors (Lipinski definition) is 2. The van der Waals surface area contributed by atoms with E-state index < -0.39 is 4.92 Å². The number of nitrogens with zero attached hydrogens (tertiary/aromatic N) is 2. The first-order valence-corrected chi connectivity index (χ1v) is 5.16. The van der Waals surface area contributed by atoms with Crippen LogP contribution >= 0.6 is 0 Å². The second-order valence-corrected chi connectivity index (χ2v) is 3.44. The van der Waals surface area contributed by atoms with Crippen LogP contribution in [0.3, 0.4) is 0 Å². The summed E-state index contributed by atoms with van der Waals surface area (Å²) in [6.07, 6.45) is 2.24. The zero-order chi connectivity index (χ0) is 12.0. The van der Waals surface area contributed by atoms with Gasteiger partial charge in [-0.3, -0.25) is 10.1 Å². The maximum absolute atomic E-state index is 10.4. The summed E-state index contributed by atoms with van der Waals surface area (Å²) in [7, 11) is 0. The fourth-order valence-corrected chi connectivity index (χ4v) is 1.17. The van der Waals surface area contributed by atoms with Gasteiger partial charge >= 0.3 is 0 Å². The van der Waals surface area contributed by atoms with Gasteiger partial charge in [0.25, 0.3) is 5.69 Å². The molecule has 1 atom stereocenters. The zero-order valence-corrected chi connectivity index (χ0v) is 9.09. The van der Waals surface area contributed by atoms with E-state index in [1.165, 1.54) is 12.3 Å². The number of anilines is 1. The van der Waals surface area contributed by atoms with Crippen LogP contribution in [0.1, 0.15) is 19.8 Å². The quantitative estimate of drug-likeness (QED) is 0.566. The first-order valence-electron chi connectivity index (χ1n) is 5.16. The van der Waals surface area contributed by atoms with Crippen LogP contribution in [0.15, 0.2) is 18.3 Å². The molecule has 0 saturated heterocycles. The third kappa shape index (κ3) is 3.82. The molecule has 0 aromatic carbocycles. The van der Waals surface area contributed by atoms with Gasteiger partial charge in [-0.25, -0.2) is 4.98 Å². The molecule has 16 heavy (non-hydrogen) atoms. The number of rotatable bonds is 6. The number of nitro groups is 1. The minimum absolute atomic E-state index is 0.0286. The second kappa shape index (κ2) is 6.02. The fourth-order valence-electron chi connectivity index (χ4n) is 1.17. The average molecular weight is 225 g/mol. The SMILES string of the molecule is CCC(O)CCNc1ccc([N+](=O)[O-])cn1. The Kier molecular flexibility index (Phi) is 4.65. The summed E-state index contributed by atoms with van der Waals surface area (Å²) in [6.45, 7) is 2.51. The molecule has 6 nitrogen and oxygen atoms in total. The van der Waals surface area contributed by atoms with E-state index in [-0.39, 0.29) is 11.8 Å². The van der Waals surface area contributed by atoms with Gasteiger partial charge in [-0.2, -0.15) is 0 Å². The van der Waals surface area contributed by atoms with E-state index in [9.17, 15) is 15.2 Å². The van der Waals surface area contributed by atoms with Crippen molar-refractivity contribution in [2.75, 3.05) is 11.9 Å². The lowest BCUT2D eigenvalue weighted by atomic mass is 10.2. The Morgan fingerprint density at radius 2 is 2.38 bits per heavy atom. The predicted octanol–water partition coefficient (Wildman–Crippen LogP) is 1.56. The van der Waals surface area contributed by atoms with Crippen molar-refractivity contribution in [3.8, 4) is 0 Å². The fraction of sp³-hybridized carbons (Fsp3) is 0.500. The highest BCUT2D eigenvalue weighted by atomic mass is 16.6. The van der Waals surface area contributed by atoms with Crippen LogP contribution in [-0.4, -0.2) is 27.7 Å². The molecule has 0 amide bonds. The van der Waals surface area contributed by atoms with E-state index in [0.29, 0.717) is 18.8 Å². The monoisotopic (exact) mass is 225 g/mol. The first kappa shape index (κ1) is 12.4. The zero-order valence-electron chi connectivity index (χ0n) is 9.09. The van der Waals surface area contributed by atoms with E-state index in [0.717, 1.165) is 6.42 Å². The van der Waals surface area contributed by atoms with Crippen molar-refractivity contribution in [3.63, 3.8) is 0 Å². The van der Waals surface area contributed by atoms with Crippen molar-refractivity contribution >= 4 is 11.5 Å². The number of aromatic nitrogens is 1. The molecular weight excluding hydrogens is 210 g/mol. The van der Waals surface area contributed by atoms with Crippen LogP contribution in [0.25, 0.3) is 0 Å². The Labute approximate surface area is 93.5 Å². The van der Waals surface area contributed by atoms with Crippen molar-refractivity contribution in [3.05, 3.63) is 28.4 Å². The Morgan fingerprint density at radius 1 is 1.62 bits per heavy atom. The highest BCUT2D eigenvalue weighted by molar-refractivity contribution is 5.39. The molecule has 88 valence electrons. The second-order valence-electron chi connectivity index (χ2n) is 3.44. The molecule has 6 heteroatoms. The summed E-state index contributed by atoms with van der Waals surface area (Å²) >= 11 is 0. The van der Waals surface area contributed by atoms with Crippen molar-refractivity contribution in [1.82, 2.24) is 4.98 Å². The lowest BCUT2D eigenvalue weighted by Gasteiger charge is -2.08. The van der Waals surface area contributed by atoms with Gasteiger partial charge in [0.1, 0.15) is 12.0 Å². The lowest BCUT2D eigenvalue weighted by molar-refractivity contribution is -0.385. The Morgan fingerprint density at radius 3 is 2.88 bits per heavy atom. The van der Waals surface area contributed by atoms with Gasteiger partial charge < -0.3 is 10.4 Å². The lowest BCUT2D eigenvalue weighted by Crippen LogP contribution is -2.12. The smallest absolute Gasteiger partial charge is 0.287 e. The molecule has 0 spiro atoms. The van der Waals surface area contributed by atoms with Gasteiger partial charge in [-0.05, 0) is 18.9 Å². The molecule has 1 aromatic heterocycles. The van der Waals surface area contributed by atoms with Crippen LogP contribution in [0.4, 0.5) is 11.5 Å². The molecule has 2 N–H and O–H groups in total. The van der Waals surface area contributed by atoms with Gasteiger partial charge in [0.05, 0.1) is 11.0 Å². The third-order valence-corrected chi connectivity index (χ3v) is 2.21. The van der Waals surface area contributed by atoms with Crippen LogP contribution in [0.2, 0.25) is 0 Å². The molecule has 1 aromatic rings. The molecule has 0 bridgehead atoms. The summed E-state index contributed by atoms with van der Waals surface area (Å²) in [5.41, 5.74) is -0.0286. The summed E-state index contributed by atoms with van der Waals surface area (Å²) in [5, 5.41) is 22.7. The first-order chi connectivity index (χ1) is 7.63. The molecular formula is C10H15N3O3. The number of aliphatic hydroxyl groups is 1. The van der Waals surface area contributed by atoms with Crippen molar-refractivity contribution in [2.24, 2.45) is 0 Å². The molecule has 1 heterocycles. The van der Waals surface area contributed by atoms with E-state index in [4.69, 9.17) is 0 Å². The normalized spacial score (nSPS) is 12.1. The molecule has 0 aliphatic rings. The number of pyridine rings is 1. The van der Waals surface area contributed by atoms with Crippen LogP contribution in [0, 0.1) is 10.1 Å². The Hall–Kier alpha value is -1.69. The predicted molar refractivity (Wildman–Crippen MR) is 60.3 cm³/mol. The van der Waals surface area contributed by atoms with Gasteiger partial charge in [-0.1, -0.05) is 6.92 Å². The number of nitrogens with one attached hydrogen (secondary N) is 1. The van der Waals surface area contributed by atoms with Gasteiger partial charge in [0, 0.05) is 12.6 Å². The van der Waals surface area contributed by atoms with Crippen LogP contribution < -0.4 is 5.32 Å². The van der Waals surface area contributed by atoms with E-state index in [2.05, 4.69) is 10.3 Å². The molecule has 0 saturated carbocycles. The topological polar surface area (TPSA) is 88.3 Å². The molecule has 0 aliphatic carbocycles. The average Bonchev–Trinajstić information content (AvgIpc) is 2.29. The molecule has 0 aliphatic heterocycles. The summed E-state index contributed by atoms with van der Waals surface area (Å²) in [6, 6.07) is 2.95. The van der Waals surface area contributed by atoms with Crippen LogP contribution in [-0.2, 0) is 0 Å². The molecule has 0 fully saturated rings. The standard InChI is InChI=1S/C10H15N3O3/c1-2-9(14)5-6-11-10-4-3-8(7-12-10)13(15)16/h3-4,7,9,14H,2,5-6H2,1H3,(H,11,12). The summed E-state index contributed by atoms with van der Waals surface area (Å²) < 4.78 is 0. The molecule has 0 radical (unpaired) electrons. The van der Waals surface area contributed by atoms with Gasteiger partial charge in [0.15, 0.2) is 0 Å². The number of aliphatic hydroxyl groups excluding tert-OH is 1. The van der Waals surface area contributed by atoms with Crippen molar-refractivity contribution < 1.29 is 10.0 Å². The minimum Gasteiger partial charge on any atom is -0.393 e. The Balaban J connectivity index is 2.40. The van der Waals surface area contributed by atoms with Gasteiger partial charge in [0.2, 0.25) is 0 Å². The van der Waals surface area contributed by atoms with E-state index in [1.54, 1.807) is 6.07 Å². The van der Waals surface area contributed by atoms with Gasteiger partial charge in [-0.15, -0.1) is 0 Å². The summed E-state index contributed by atoms with van der Waals surface area (Å²) in [4.78, 5) is 13.8. The van der Waals surface area contributed by atoms with E-state index in [1.807, 2.05) is 6.92 Å². The largest absolute Gasteiger partial charge is 0.393 e. The highest BCUT2D eigenvalue weighted by Crippen LogP contribution is 2.11. The summed E-state index contributed by atoms with van der Waals surface area (Å²) in [5.74, 6) is 0.578. The maximum Gasteiger partial charge on any atom is 0.287 e. The Bertz CT molecular complexity index is 340. The van der Waals surface area contributed by atoms with Crippen molar-refractivity contribution in [1.29, 1.82) is 0 Å². The highest BCUT2D eigenvalue weighted by Gasteiger charge is 2.05. The maximum atomic E-state index is 10.4. The molecule has 1 rings (SSSR count). The third-order valence-electron chi connectivity index (χ3n) is 2.21. The minimum atomic E-state index is -0.488. The number of hydrogen-bond acceptors (Lipinski definition) is 5. The molecule has 1 unspecified atom stereocenters. The van der Waals surface area contributed by atoms with E-state index >= 15 is 0 Å². The van der Waals surface area contributed by atoms with Crippen molar-refractivity contribution in [2.45, 2.75) is 25.9 Å².